The number of nitrogens with one attached hydrogen (secondary N) is 2. The van der Waals surface area contributed by atoms with Crippen LogP contribution in [0.3, 0.4) is 0 Å². The van der Waals surface area contributed by atoms with Gasteiger partial charge in [-0.05, 0) is 30.9 Å². The van der Waals surface area contributed by atoms with E-state index >= 15 is 0 Å². The van der Waals surface area contributed by atoms with E-state index in [2.05, 4.69) is 15.6 Å². The van der Waals surface area contributed by atoms with Crippen LogP contribution in [0.15, 0.2) is 42.6 Å². The minimum atomic E-state index is -0.566. The van der Waals surface area contributed by atoms with Crippen LogP contribution in [0.4, 0.5) is 11.4 Å². The van der Waals surface area contributed by atoms with Crippen LogP contribution < -0.4 is 10.6 Å². The molecule has 1 aliphatic rings. The lowest BCUT2D eigenvalue weighted by Crippen LogP contribution is -2.41. The second-order valence-corrected chi connectivity index (χ2v) is 9.41. The minimum Gasteiger partial charge on any atom is -0.464 e. The number of piperidine rings is 1. The van der Waals surface area contributed by atoms with Crippen molar-refractivity contribution in [3.05, 3.63) is 53.9 Å². The number of benzene rings is 1. The van der Waals surface area contributed by atoms with E-state index in [1.807, 2.05) is 41.3 Å². The summed E-state index contributed by atoms with van der Waals surface area (Å²) in [6.07, 6.45) is 4.21. The largest absolute Gasteiger partial charge is 0.464 e. The first-order valence-electron chi connectivity index (χ1n) is 12.9. The standard InChI is InChI=1S/C28H35N5O5/c1-19(34)32-13-11-21(12-14-32)30-22-17-23-25(31-24(35)10-9-20-7-5-4-6-8-20)26(28(36)38-3)33(15-16-37-2)27(23)29-18-22/h4-8,17-18,21,30H,9-16H2,1-3H3,(H,31,35). The summed E-state index contributed by atoms with van der Waals surface area (Å²) in [5.41, 5.74) is 2.99. The van der Waals surface area contributed by atoms with Crippen LogP contribution in [-0.4, -0.2) is 72.2 Å². The fourth-order valence-electron chi connectivity index (χ4n) is 4.82. The first kappa shape index (κ1) is 27.1. The van der Waals surface area contributed by atoms with Gasteiger partial charge >= 0.3 is 5.97 Å². The number of likely N-dealkylation sites (tertiary alicyclic amines) is 1. The number of hydrogen-bond acceptors (Lipinski definition) is 7. The van der Waals surface area contributed by atoms with Crippen LogP contribution >= 0.6 is 0 Å². The molecule has 10 heteroatoms. The summed E-state index contributed by atoms with van der Waals surface area (Å²) in [4.78, 5) is 44.1. The fourth-order valence-corrected chi connectivity index (χ4v) is 4.82. The van der Waals surface area contributed by atoms with Crippen LogP contribution in [-0.2, 0) is 32.0 Å². The van der Waals surface area contributed by atoms with Crippen LogP contribution in [0.5, 0.6) is 0 Å². The maximum atomic E-state index is 13.0. The normalized spacial score (nSPS) is 13.9. The van der Waals surface area contributed by atoms with Gasteiger partial charge in [-0.1, -0.05) is 30.3 Å². The maximum absolute atomic E-state index is 13.0. The zero-order valence-corrected chi connectivity index (χ0v) is 22.2. The summed E-state index contributed by atoms with van der Waals surface area (Å²) in [6.45, 7) is 3.71. The number of carbonyl (C=O) groups excluding carboxylic acids is 3. The Bertz CT molecular complexity index is 1280. The smallest absolute Gasteiger partial charge is 0.356 e. The Labute approximate surface area is 222 Å². The quantitative estimate of drug-likeness (QED) is 0.393. The van der Waals surface area contributed by atoms with Crippen molar-refractivity contribution in [1.29, 1.82) is 0 Å². The number of fused-ring (bicyclic) bond motifs is 1. The number of hydrogen-bond donors (Lipinski definition) is 2. The second kappa shape index (κ2) is 12.6. The lowest BCUT2D eigenvalue weighted by atomic mass is 10.0. The number of anilines is 2. The van der Waals surface area contributed by atoms with Gasteiger partial charge in [0.25, 0.3) is 0 Å². The van der Waals surface area contributed by atoms with Gasteiger partial charge in [-0.2, -0.15) is 0 Å². The second-order valence-electron chi connectivity index (χ2n) is 9.41. The average Bonchev–Trinajstić information content (AvgIpc) is 3.23. The molecule has 38 heavy (non-hydrogen) atoms. The molecule has 4 rings (SSSR count). The number of aromatic nitrogens is 2. The molecule has 3 aromatic rings. The van der Waals surface area contributed by atoms with E-state index in [1.165, 1.54) is 7.11 Å². The van der Waals surface area contributed by atoms with Crippen molar-refractivity contribution < 1.29 is 23.9 Å². The Balaban J connectivity index is 1.63. The van der Waals surface area contributed by atoms with Crippen LogP contribution in [0.1, 0.15) is 42.2 Å². The number of nitrogens with zero attached hydrogens (tertiary/aromatic N) is 3. The predicted molar refractivity (Wildman–Crippen MR) is 145 cm³/mol. The molecular formula is C28H35N5O5. The van der Waals surface area contributed by atoms with Crippen molar-refractivity contribution in [3.8, 4) is 0 Å². The van der Waals surface area contributed by atoms with E-state index in [4.69, 9.17) is 9.47 Å². The number of esters is 1. The van der Waals surface area contributed by atoms with Crippen molar-refractivity contribution in [2.24, 2.45) is 0 Å². The summed E-state index contributed by atoms with van der Waals surface area (Å²) in [5, 5.41) is 7.12. The van der Waals surface area contributed by atoms with Gasteiger partial charge in [0.1, 0.15) is 5.65 Å². The topological polar surface area (TPSA) is 115 Å². The zero-order chi connectivity index (χ0) is 27.1. The molecule has 1 aliphatic heterocycles. The van der Waals surface area contributed by atoms with E-state index in [-0.39, 0.29) is 30.0 Å². The molecule has 0 saturated carbocycles. The van der Waals surface area contributed by atoms with Gasteiger partial charge in [0.05, 0.1) is 31.3 Å². The molecule has 1 fully saturated rings. The third-order valence-electron chi connectivity index (χ3n) is 6.86. The molecular weight excluding hydrogens is 486 g/mol. The summed E-state index contributed by atoms with van der Waals surface area (Å²) in [5.74, 6) is -0.685. The van der Waals surface area contributed by atoms with E-state index in [9.17, 15) is 14.4 Å². The van der Waals surface area contributed by atoms with Gasteiger partial charge in [-0.25, -0.2) is 9.78 Å². The summed E-state index contributed by atoms with van der Waals surface area (Å²) in [6, 6.07) is 11.9. The molecule has 0 aliphatic carbocycles. The van der Waals surface area contributed by atoms with Crippen molar-refractivity contribution in [3.63, 3.8) is 0 Å². The summed E-state index contributed by atoms with van der Waals surface area (Å²) >= 11 is 0. The molecule has 1 saturated heterocycles. The maximum Gasteiger partial charge on any atom is 0.356 e. The summed E-state index contributed by atoms with van der Waals surface area (Å²) < 4.78 is 12.1. The molecule has 0 unspecified atom stereocenters. The molecule has 0 atom stereocenters. The van der Waals surface area contributed by atoms with E-state index in [0.717, 1.165) is 24.1 Å². The monoisotopic (exact) mass is 521 g/mol. The lowest BCUT2D eigenvalue weighted by Gasteiger charge is -2.32. The Hall–Kier alpha value is -3.92. The van der Waals surface area contributed by atoms with Crippen LogP contribution in [0, 0.1) is 0 Å². The van der Waals surface area contributed by atoms with Gasteiger partial charge in [-0.15, -0.1) is 0 Å². The van der Waals surface area contributed by atoms with Crippen molar-refractivity contribution in [1.82, 2.24) is 14.5 Å². The Kier molecular flexibility index (Phi) is 8.96. The first-order chi connectivity index (χ1) is 18.4. The highest BCUT2D eigenvalue weighted by Crippen LogP contribution is 2.33. The molecule has 10 nitrogen and oxygen atoms in total. The van der Waals surface area contributed by atoms with Gasteiger partial charge < -0.3 is 29.6 Å². The number of aryl methyl sites for hydroxylation is 1. The SMILES string of the molecule is COCCn1c(C(=O)OC)c(NC(=O)CCc2ccccc2)c2cc(NC3CCN(C(C)=O)CC3)cnc21. The molecule has 3 heterocycles. The Morgan fingerprint density at radius 1 is 1.11 bits per heavy atom. The highest BCUT2D eigenvalue weighted by molar-refractivity contribution is 6.11. The predicted octanol–water partition coefficient (Wildman–Crippen LogP) is 3.46. The molecule has 202 valence electrons. The van der Waals surface area contributed by atoms with Gasteiger partial charge in [-0.3, -0.25) is 9.59 Å². The molecule has 0 bridgehead atoms. The number of ether oxygens (including phenoxy) is 2. The van der Waals surface area contributed by atoms with Crippen molar-refractivity contribution >= 4 is 40.2 Å². The third-order valence-corrected chi connectivity index (χ3v) is 6.86. The summed E-state index contributed by atoms with van der Waals surface area (Å²) in [7, 11) is 2.90. The molecule has 1 aromatic carbocycles. The number of carbonyl (C=O) groups is 3. The number of pyridine rings is 1. The van der Waals surface area contributed by atoms with E-state index in [1.54, 1.807) is 24.8 Å². The van der Waals surface area contributed by atoms with Crippen LogP contribution in [0.2, 0.25) is 0 Å². The molecule has 2 N–H and O–H groups in total. The highest BCUT2D eigenvalue weighted by Gasteiger charge is 2.27. The van der Waals surface area contributed by atoms with Crippen molar-refractivity contribution in [2.45, 2.75) is 45.2 Å². The fraction of sp³-hybridized carbons (Fsp3) is 0.429. The highest BCUT2D eigenvalue weighted by atomic mass is 16.5. The van der Waals surface area contributed by atoms with E-state index in [0.29, 0.717) is 49.4 Å². The molecule has 0 radical (unpaired) electrons. The van der Waals surface area contributed by atoms with Gasteiger partial charge in [0.2, 0.25) is 11.8 Å². The molecule has 0 spiro atoms. The zero-order valence-electron chi connectivity index (χ0n) is 22.2. The van der Waals surface area contributed by atoms with Gasteiger partial charge in [0, 0.05) is 51.5 Å². The minimum absolute atomic E-state index is 0.0897. The third kappa shape index (κ3) is 6.31. The average molecular weight is 522 g/mol. The number of rotatable bonds is 10. The number of amides is 2. The molecule has 2 amide bonds. The Morgan fingerprint density at radius 2 is 1.84 bits per heavy atom. The van der Waals surface area contributed by atoms with Crippen LogP contribution in [0.25, 0.3) is 11.0 Å². The number of methoxy groups -OCH3 is 2. The lowest BCUT2D eigenvalue weighted by molar-refractivity contribution is -0.129. The van der Waals surface area contributed by atoms with Gasteiger partial charge in [0.15, 0.2) is 5.69 Å². The molecule has 2 aromatic heterocycles. The van der Waals surface area contributed by atoms with Crippen molar-refractivity contribution in [2.75, 3.05) is 44.5 Å². The Morgan fingerprint density at radius 3 is 2.50 bits per heavy atom. The van der Waals surface area contributed by atoms with E-state index < -0.39 is 5.97 Å². The first-order valence-corrected chi connectivity index (χ1v) is 12.9.